The Labute approximate surface area is 154 Å². The van der Waals surface area contributed by atoms with Crippen LogP contribution in [0.4, 0.5) is 0 Å². The topological polar surface area (TPSA) is 62.5 Å². The molecule has 6 heteroatoms. The minimum atomic E-state index is 0.185. The van der Waals surface area contributed by atoms with Gasteiger partial charge in [0.05, 0.1) is 6.04 Å². The second kappa shape index (κ2) is 6.83. The van der Waals surface area contributed by atoms with E-state index in [2.05, 4.69) is 22.1 Å². The highest BCUT2D eigenvalue weighted by atomic mass is 16.5. The summed E-state index contributed by atoms with van der Waals surface area (Å²) in [7, 11) is 2.14. The summed E-state index contributed by atoms with van der Waals surface area (Å²) in [6, 6.07) is 10.1. The van der Waals surface area contributed by atoms with E-state index in [4.69, 9.17) is 4.52 Å². The zero-order valence-corrected chi connectivity index (χ0v) is 15.5. The van der Waals surface area contributed by atoms with Crippen molar-refractivity contribution in [2.24, 2.45) is 5.41 Å². The number of nitrogens with zero attached hydrogens (tertiary/aromatic N) is 4. The van der Waals surface area contributed by atoms with Gasteiger partial charge in [-0.05, 0) is 43.9 Å². The lowest BCUT2D eigenvalue weighted by molar-refractivity contribution is -0.133. The number of likely N-dealkylation sites (tertiary alicyclic amines) is 2. The molecule has 0 radical (unpaired) electrons. The average Bonchev–Trinajstić information content (AvgIpc) is 3.27. The lowest BCUT2D eigenvalue weighted by Crippen LogP contribution is -2.43. The quantitative estimate of drug-likeness (QED) is 0.847. The molecule has 0 bridgehead atoms. The van der Waals surface area contributed by atoms with Gasteiger partial charge in [0, 0.05) is 31.6 Å². The summed E-state index contributed by atoms with van der Waals surface area (Å²) in [6.07, 6.45) is 3.75. The predicted molar refractivity (Wildman–Crippen MR) is 98.3 cm³/mol. The van der Waals surface area contributed by atoms with E-state index in [9.17, 15) is 4.79 Å². The number of rotatable bonds is 3. The zero-order valence-electron chi connectivity index (χ0n) is 15.5. The predicted octanol–water partition coefficient (Wildman–Crippen LogP) is 3.13. The highest BCUT2D eigenvalue weighted by Crippen LogP contribution is 2.47. The molecule has 2 aromatic rings. The number of carbonyl (C=O) groups is 1. The van der Waals surface area contributed by atoms with Crippen LogP contribution >= 0.6 is 0 Å². The van der Waals surface area contributed by atoms with Gasteiger partial charge in [-0.25, -0.2) is 0 Å². The van der Waals surface area contributed by atoms with E-state index in [-0.39, 0.29) is 17.4 Å². The standard InChI is InChI=1S/C20H26N4O2/c1-3-17(25)24-11-9-20(10-12-24)13-16(23(2)14-20)18-21-19(26-22-18)15-7-5-4-6-8-15/h4-8,16H,3,9-14H2,1-2H3. The first-order valence-electron chi connectivity index (χ1n) is 9.47. The molecule has 0 N–H and O–H groups in total. The minimum absolute atomic E-state index is 0.185. The number of hydrogen-bond acceptors (Lipinski definition) is 5. The van der Waals surface area contributed by atoms with Crippen LogP contribution in [-0.4, -0.2) is 52.5 Å². The largest absolute Gasteiger partial charge is 0.343 e. The van der Waals surface area contributed by atoms with Crippen LogP contribution in [0.15, 0.2) is 34.9 Å². The smallest absolute Gasteiger partial charge is 0.257 e. The molecule has 0 saturated carbocycles. The molecule has 0 aliphatic carbocycles. The maximum Gasteiger partial charge on any atom is 0.257 e. The zero-order chi connectivity index (χ0) is 18.1. The van der Waals surface area contributed by atoms with Gasteiger partial charge >= 0.3 is 0 Å². The van der Waals surface area contributed by atoms with Gasteiger partial charge in [0.2, 0.25) is 5.91 Å². The van der Waals surface area contributed by atoms with Crippen molar-refractivity contribution in [1.82, 2.24) is 19.9 Å². The molecule has 1 spiro atoms. The lowest BCUT2D eigenvalue weighted by Gasteiger charge is -2.39. The van der Waals surface area contributed by atoms with Gasteiger partial charge in [-0.1, -0.05) is 30.3 Å². The molecule has 1 amide bonds. The molecule has 6 nitrogen and oxygen atoms in total. The van der Waals surface area contributed by atoms with E-state index in [1.54, 1.807) is 0 Å². The van der Waals surface area contributed by atoms with Gasteiger partial charge in [-0.2, -0.15) is 4.98 Å². The van der Waals surface area contributed by atoms with Crippen LogP contribution in [0.25, 0.3) is 11.5 Å². The Morgan fingerprint density at radius 3 is 2.69 bits per heavy atom. The molecule has 2 aliphatic rings. The summed E-state index contributed by atoms with van der Waals surface area (Å²) in [5.74, 6) is 1.63. The van der Waals surface area contributed by atoms with Crippen LogP contribution in [0, 0.1) is 5.41 Å². The van der Waals surface area contributed by atoms with E-state index in [1.165, 1.54) is 0 Å². The first-order valence-corrected chi connectivity index (χ1v) is 9.47. The summed E-state index contributed by atoms with van der Waals surface area (Å²) < 4.78 is 5.51. The normalized spacial score (nSPS) is 22.8. The van der Waals surface area contributed by atoms with E-state index in [0.717, 1.165) is 50.3 Å². The van der Waals surface area contributed by atoms with Crippen LogP contribution in [0.2, 0.25) is 0 Å². The molecule has 2 fully saturated rings. The van der Waals surface area contributed by atoms with Crippen molar-refractivity contribution in [3.05, 3.63) is 36.2 Å². The third-order valence-corrected chi connectivity index (χ3v) is 5.98. The first kappa shape index (κ1) is 17.2. The summed E-state index contributed by atoms with van der Waals surface area (Å²) in [5, 5.41) is 4.27. The molecule has 1 atom stereocenters. The number of carbonyl (C=O) groups excluding carboxylic acids is 1. The van der Waals surface area contributed by atoms with Crippen molar-refractivity contribution in [3.8, 4) is 11.5 Å². The maximum atomic E-state index is 11.9. The van der Waals surface area contributed by atoms with Gasteiger partial charge in [0.1, 0.15) is 0 Å². The van der Waals surface area contributed by atoms with Gasteiger partial charge in [-0.15, -0.1) is 0 Å². The number of piperidine rings is 1. The first-order chi connectivity index (χ1) is 12.6. The Bertz CT molecular complexity index is 765. The van der Waals surface area contributed by atoms with Crippen molar-refractivity contribution >= 4 is 5.91 Å². The van der Waals surface area contributed by atoms with Crippen LogP contribution in [-0.2, 0) is 4.79 Å². The van der Waals surface area contributed by atoms with Crippen molar-refractivity contribution < 1.29 is 9.32 Å². The highest BCUT2D eigenvalue weighted by molar-refractivity contribution is 5.75. The van der Waals surface area contributed by atoms with Crippen LogP contribution in [0.1, 0.15) is 44.5 Å². The lowest BCUT2D eigenvalue weighted by atomic mass is 9.76. The van der Waals surface area contributed by atoms with Crippen LogP contribution < -0.4 is 0 Å². The molecule has 26 heavy (non-hydrogen) atoms. The summed E-state index contributed by atoms with van der Waals surface area (Å²) in [6.45, 7) is 4.71. The second-order valence-electron chi connectivity index (χ2n) is 7.69. The van der Waals surface area contributed by atoms with Crippen molar-refractivity contribution in [2.75, 3.05) is 26.7 Å². The fourth-order valence-corrected chi connectivity index (χ4v) is 4.44. The number of aromatic nitrogens is 2. The van der Waals surface area contributed by atoms with Crippen LogP contribution in [0.3, 0.4) is 0 Å². The SMILES string of the molecule is CCC(=O)N1CCC2(CC1)CC(c1noc(-c3ccccc3)n1)N(C)C2. The van der Waals surface area contributed by atoms with Gasteiger partial charge in [0.25, 0.3) is 5.89 Å². The maximum absolute atomic E-state index is 11.9. The Morgan fingerprint density at radius 2 is 2.00 bits per heavy atom. The monoisotopic (exact) mass is 354 g/mol. The number of benzene rings is 1. The molecular formula is C20H26N4O2. The van der Waals surface area contributed by atoms with Crippen LogP contribution in [0.5, 0.6) is 0 Å². The Kier molecular flexibility index (Phi) is 4.53. The van der Waals surface area contributed by atoms with E-state index >= 15 is 0 Å². The van der Waals surface area contributed by atoms with Crippen molar-refractivity contribution in [2.45, 2.75) is 38.6 Å². The van der Waals surface area contributed by atoms with E-state index in [1.807, 2.05) is 42.2 Å². The Balaban J connectivity index is 1.47. The molecule has 1 unspecified atom stereocenters. The molecule has 2 saturated heterocycles. The summed E-state index contributed by atoms with van der Waals surface area (Å²) in [4.78, 5) is 21.0. The minimum Gasteiger partial charge on any atom is -0.343 e. The van der Waals surface area contributed by atoms with Gasteiger partial charge in [-0.3, -0.25) is 9.69 Å². The fraction of sp³-hybridized carbons (Fsp3) is 0.550. The highest BCUT2D eigenvalue weighted by Gasteiger charge is 2.46. The van der Waals surface area contributed by atoms with Gasteiger partial charge < -0.3 is 9.42 Å². The average molecular weight is 354 g/mol. The molecule has 138 valence electrons. The Morgan fingerprint density at radius 1 is 1.27 bits per heavy atom. The molecule has 1 aromatic carbocycles. The third-order valence-electron chi connectivity index (χ3n) is 5.98. The molecule has 3 heterocycles. The fourth-order valence-electron chi connectivity index (χ4n) is 4.44. The Hall–Kier alpha value is -2.21. The number of amides is 1. The molecular weight excluding hydrogens is 328 g/mol. The summed E-state index contributed by atoms with van der Waals surface area (Å²) >= 11 is 0. The van der Waals surface area contributed by atoms with E-state index in [0.29, 0.717) is 12.3 Å². The molecule has 4 rings (SSSR count). The van der Waals surface area contributed by atoms with E-state index < -0.39 is 0 Å². The van der Waals surface area contributed by atoms with Crippen molar-refractivity contribution in [3.63, 3.8) is 0 Å². The third kappa shape index (κ3) is 3.14. The molecule has 2 aliphatic heterocycles. The summed E-state index contributed by atoms with van der Waals surface area (Å²) in [5.41, 5.74) is 1.21. The molecule has 1 aromatic heterocycles. The second-order valence-corrected chi connectivity index (χ2v) is 7.69. The van der Waals surface area contributed by atoms with Crippen molar-refractivity contribution in [1.29, 1.82) is 0 Å². The number of hydrogen-bond donors (Lipinski definition) is 0. The van der Waals surface area contributed by atoms with Gasteiger partial charge in [0.15, 0.2) is 5.82 Å².